The fourth-order valence-electron chi connectivity index (χ4n) is 1.15. The molecule has 0 aliphatic rings. The van der Waals surface area contributed by atoms with Crippen molar-refractivity contribution < 1.29 is 13.6 Å². The number of hydrogen-bond donors (Lipinski definition) is 0. The highest BCUT2D eigenvalue weighted by atomic mass is 19.1. The van der Waals surface area contributed by atoms with Crippen molar-refractivity contribution >= 4 is 5.78 Å². The molecule has 0 spiro atoms. The number of aryl methyl sites for hydroxylation is 1. The first-order valence-corrected chi connectivity index (χ1v) is 4.30. The molecule has 5 heteroatoms. The Bertz CT molecular complexity index is 512. The highest BCUT2D eigenvalue weighted by molar-refractivity contribution is 6.01. The van der Waals surface area contributed by atoms with Gasteiger partial charge in [-0.3, -0.25) is 4.79 Å². The van der Waals surface area contributed by atoms with E-state index in [0.29, 0.717) is 6.07 Å². The summed E-state index contributed by atoms with van der Waals surface area (Å²) >= 11 is 0. The van der Waals surface area contributed by atoms with Gasteiger partial charge in [0, 0.05) is 6.07 Å². The van der Waals surface area contributed by atoms with E-state index in [-0.39, 0.29) is 5.56 Å². The van der Waals surface area contributed by atoms with Gasteiger partial charge in [-0.1, -0.05) is 0 Å². The van der Waals surface area contributed by atoms with Gasteiger partial charge in [0.05, 0.1) is 17.7 Å². The zero-order chi connectivity index (χ0) is 12.3. The highest BCUT2D eigenvalue weighted by Crippen LogP contribution is 2.17. The SMILES string of the molecule is Cc1cc(C(=O)C(C#N)C#N)c(F)cc1F. The van der Waals surface area contributed by atoms with Crippen LogP contribution in [0.3, 0.4) is 0 Å². The zero-order valence-electron chi connectivity index (χ0n) is 8.29. The van der Waals surface area contributed by atoms with Gasteiger partial charge in [-0.15, -0.1) is 0 Å². The summed E-state index contributed by atoms with van der Waals surface area (Å²) in [6.07, 6.45) is 0. The first-order valence-electron chi connectivity index (χ1n) is 4.30. The Hall–Kier alpha value is -2.27. The first-order chi connectivity index (χ1) is 7.51. The molecule has 0 aromatic heterocycles. The van der Waals surface area contributed by atoms with Crippen molar-refractivity contribution in [2.75, 3.05) is 0 Å². The minimum absolute atomic E-state index is 0.0828. The molecule has 0 aliphatic carbocycles. The molecule has 0 radical (unpaired) electrons. The number of halogens is 2. The Morgan fingerprint density at radius 1 is 1.25 bits per heavy atom. The molecular formula is C11H6F2N2O. The van der Waals surface area contributed by atoms with E-state index in [0.717, 1.165) is 6.07 Å². The van der Waals surface area contributed by atoms with Crippen LogP contribution < -0.4 is 0 Å². The van der Waals surface area contributed by atoms with Crippen molar-refractivity contribution in [2.24, 2.45) is 5.92 Å². The number of rotatable bonds is 2. The molecule has 0 unspecified atom stereocenters. The normalized spacial score (nSPS) is 9.62. The molecule has 1 aromatic carbocycles. The maximum absolute atomic E-state index is 13.2. The van der Waals surface area contributed by atoms with E-state index in [2.05, 4.69) is 0 Å². The van der Waals surface area contributed by atoms with Gasteiger partial charge in [0.15, 0.2) is 11.7 Å². The Morgan fingerprint density at radius 3 is 2.31 bits per heavy atom. The fraction of sp³-hybridized carbons (Fsp3) is 0.182. The van der Waals surface area contributed by atoms with Crippen molar-refractivity contribution in [3.8, 4) is 12.1 Å². The second kappa shape index (κ2) is 4.50. The molecule has 0 heterocycles. The van der Waals surface area contributed by atoms with Crippen LogP contribution in [0.15, 0.2) is 12.1 Å². The number of nitrogens with zero attached hydrogens (tertiary/aromatic N) is 2. The van der Waals surface area contributed by atoms with E-state index in [4.69, 9.17) is 10.5 Å². The average molecular weight is 220 g/mol. The van der Waals surface area contributed by atoms with Crippen molar-refractivity contribution in [1.29, 1.82) is 10.5 Å². The van der Waals surface area contributed by atoms with E-state index in [9.17, 15) is 13.6 Å². The number of hydrogen-bond acceptors (Lipinski definition) is 3. The Kier molecular flexibility index (Phi) is 3.32. The Balaban J connectivity index is 3.26. The van der Waals surface area contributed by atoms with Crippen molar-refractivity contribution in [3.05, 3.63) is 34.9 Å². The van der Waals surface area contributed by atoms with Crippen LogP contribution in [-0.4, -0.2) is 5.78 Å². The number of nitriles is 2. The van der Waals surface area contributed by atoms with Crippen LogP contribution in [0.2, 0.25) is 0 Å². The van der Waals surface area contributed by atoms with Gasteiger partial charge in [-0.05, 0) is 18.6 Å². The van der Waals surface area contributed by atoms with Gasteiger partial charge in [0.25, 0.3) is 0 Å². The van der Waals surface area contributed by atoms with Crippen LogP contribution >= 0.6 is 0 Å². The van der Waals surface area contributed by atoms with E-state index < -0.39 is 28.9 Å². The van der Waals surface area contributed by atoms with Gasteiger partial charge in [-0.25, -0.2) is 8.78 Å². The molecule has 0 aliphatic heterocycles. The topological polar surface area (TPSA) is 64.7 Å². The summed E-state index contributed by atoms with van der Waals surface area (Å²) in [5.74, 6) is -4.37. The number of carbonyl (C=O) groups excluding carboxylic acids is 1. The van der Waals surface area contributed by atoms with Crippen LogP contribution in [0.1, 0.15) is 15.9 Å². The van der Waals surface area contributed by atoms with Crippen LogP contribution in [0.4, 0.5) is 8.78 Å². The lowest BCUT2D eigenvalue weighted by Crippen LogP contribution is -2.13. The summed E-state index contributed by atoms with van der Waals surface area (Å²) in [5.41, 5.74) is -0.355. The molecule has 0 bridgehead atoms. The van der Waals surface area contributed by atoms with Crippen molar-refractivity contribution in [2.45, 2.75) is 6.92 Å². The number of ketones is 1. The van der Waals surface area contributed by atoms with Gasteiger partial charge >= 0.3 is 0 Å². The number of benzene rings is 1. The summed E-state index contributed by atoms with van der Waals surface area (Å²) in [4.78, 5) is 11.5. The van der Waals surface area contributed by atoms with Gasteiger partial charge in [-0.2, -0.15) is 10.5 Å². The molecule has 0 amide bonds. The molecule has 0 saturated heterocycles. The summed E-state index contributed by atoms with van der Waals surface area (Å²) in [6.45, 7) is 1.36. The molecular weight excluding hydrogens is 214 g/mol. The third kappa shape index (κ3) is 2.04. The third-order valence-electron chi connectivity index (χ3n) is 2.03. The monoisotopic (exact) mass is 220 g/mol. The number of carbonyl (C=O) groups is 1. The molecule has 16 heavy (non-hydrogen) atoms. The summed E-state index contributed by atoms with van der Waals surface area (Å²) in [7, 11) is 0. The average Bonchev–Trinajstić information content (AvgIpc) is 2.25. The smallest absolute Gasteiger partial charge is 0.197 e. The molecule has 0 atom stereocenters. The van der Waals surface area contributed by atoms with E-state index in [1.165, 1.54) is 19.1 Å². The van der Waals surface area contributed by atoms with Gasteiger partial charge in [0.1, 0.15) is 11.6 Å². The molecule has 0 saturated carbocycles. The van der Waals surface area contributed by atoms with Crippen LogP contribution in [0.25, 0.3) is 0 Å². The molecule has 80 valence electrons. The van der Waals surface area contributed by atoms with E-state index in [1.54, 1.807) is 0 Å². The van der Waals surface area contributed by atoms with Gasteiger partial charge in [0.2, 0.25) is 0 Å². The predicted molar refractivity (Wildman–Crippen MR) is 50.1 cm³/mol. The molecule has 0 fully saturated rings. The zero-order valence-corrected chi connectivity index (χ0v) is 8.29. The standard InChI is InChI=1S/C11H6F2N2O/c1-6-2-8(10(13)3-9(6)12)11(16)7(4-14)5-15/h2-3,7H,1H3. The Labute approximate surface area is 90.5 Å². The molecule has 1 rings (SSSR count). The van der Waals surface area contributed by atoms with E-state index in [1.807, 2.05) is 0 Å². The largest absolute Gasteiger partial charge is 0.291 e. The summed E-state index contributed by atoms with van der Waals surface area (Å²) in [5, 5.41) is 17.0. The lowest BCUT2D eigenvalue weighted by atomic mass is 9.98. The second-order valence-corrected chi connectivity index (χ2v) is 3.14. The lowest BCUT2D eigenvalue weighted by molar-refractivity contribution is 0.0966. The molecule has 1 aromatic rings. The van der Waals surface area contributed by atoms with Crippen LogP contribution in [0.5, 0.6) is 0 Å². The maximum atomic E-state index is 13.2. The Morgan fingerprint density at radius 2 is 1.81 bits per heavy atom. The highest BCUT2D eigenvalue weighted by Gasteiger charge is 2.23. The van der Waals surface area contributed by atoms with Crippen molar-refractivity contribution in [1.82, 2.24) is 0 Å². The lowest BCUT2D eigenvalue weighted by Gasteiger charge is -2.04. The maximum Gasteiger partial charge on any atom is 0.197 e. The number of Topliss-reactive ketones (excluding diaryl/α,β-unsaturated/α-hetero) is 1. The predicted octanol–water partition coefficient (Wildman–Crippen LogP) is 2.12. The summed E-state index contributed by atoms with van der Waals surface area (Å²) < 4.78 is 26.1. The third-order valence-corrected chi connectivity index (χ3v) is 2.03. The second-order valence-electron chi connectivity index (χ2n) is 3.14. The minimum atomic E-state index is -1.57. The quantitative estimate of drug-likeness (QED) is 0.717. The van der Waals surface area contributed by atoms with Crippen LogP contribution in [0, 0.1) is 47.1 Å². The minimum Gasteiger partial charge on any atom is -0.291 e. The van der Waals surface area contributed by atoms with Crippen molar-refractivity contribution in [3.63, 3.8) is 0 Å². The van der Waals surface area contributed by atoms with E-state index >= 15 is 0 Å². The van der Waals surface area contributed by atoms with Gasteiger partial charge < -0.3 is 0 Å². The first kappa shape index (κ1) is 11.8. The van der Waals surface area contributed by atoms with Crippen LogP contribution in [-0.2, 0) is 0 Å². The summed E-state index contributed by atoms with van der Waals surface area (Å²) in [6, 6.07) is 4.44. The fourth-order valence-corrected chi connectivity index (χ4v) is 1.15. The molecule has 3 nitrogen and oxygen atoms in total. The molecule has 0 N–H and O–H groups in total.